The van der Waals surface area contributed by atoms with E-state index in [1.807, 2.05) is 0 Å². The molecule has 0 bridgehead atoms. The summed E-state index contributed by atoms with van der Waals surface area (Å²) in [6.45, 7) is 9.07. The topological polar surface area (TPSA) is 52.6 Å². The van der Waals surface area contributed by atoms with Crippen LogP contribution in [0.4, 0.5) is 0 Å². The fraction of sp³-hybridized carbons (Fsp3) is 0.778. The van der Waals surface area contributed by atoms with Crippen molar-refractivity contribution < 1.29 is 17.3 Å². The lowest BCUT2D eigenvalue weighted by Crippen LogP contribution is -2.21. The van der Waals surface area contributed by atoms with Crippen molar-refractivity contribution >= 4 is 10.1 Å². The molecule has 84 valence electrons. The van der Waals surface area contributed by atoms with Crippen LogP contribution in [0.1, 0.15) is 27.2 Å². The van der Waals surface area contributed by atoms with Crippen molar-refractivity contribution in [2.24, 2.45) is 0 Å². The number of hydrogen-bond acceptors (Lipinski definition) is 4. The predicted molar refractivity (Wildman–Crippen MR) is 55.4 cm³/mol. The van der Waals surface area contributed by atoms with Crippen LogP contribution in [-0.4, -0.2) is 27.1 Å². The molecule has 0 aromatic heterocycles. The first kappa shape index (κ1) is 13.6. The van der Waals surface area contributed by atoms with Crippen molar-refractivity contribution in [1.29, 1.82) is 0 Å². The Hall–Kier alpha value is -0.390. The van der Waals surface area contributed by atoms with Gasteiger partial charge in [-0.25, -0.2) is 4.18 Å². The van der Waals surface area contributed by atoms with Crippen molar-refractivity contribution in [2.45, 2.75) is 33.5 Å². The first-order valence-electron chi connectivity index (χ1n) is 4.54. The molecule has 1 unspecified atom stereocenters. The summed E-state index contributed by atoms with van der Waals surface area (Å²) in [7, 11) is -3.43. The van der Waals surface area contributed by atoms with E-state index in [9.17, 15) is 8.42 Å². The van der Waals surface area contributed by atoms with E-state index < -0.39 is 16.4 Å². The summed E-state index contributed by atoms with van der Waals surface area (Å²) < 4.78 is 32.1. The van der Waals surface area contributed by atoms with Gasteiger partial charge in [-0.15, -0.1) is 0 Å². The lowest BCUT2D eigenvalue weighted by molar-refractivity contribution is -0.0530. The molecule has 0 aromatic carbocycles. The Labute approximate surface area is 86.0 Å². The first-order chi connectivity index (χ1) is 6.37. The van der Waals surface area contributed by atoms with Crippen molar-refractivity contribution in [1.82, 2.24) is 0 Å². The Morgan fingerprint density at radius 2 is 2.07 bits per heavy atom. The zero-order chi connectivity index (χ0) is 11.2. The molecule has 14 heavy (non-hydrogen) atoms. The maximum absolute atomic E-state index is 11.2. The highest BCUT2D eigenvalue weighted by molar-refractivity contribution is 7.86. The van der Waals surface area contributed by atoms with E-state index in [4.69, 9.17) is 8.92 Å². The molecule has 0 saturated heterocycles. The molecule has 0 N–H and O–H groups in total. The molecule has 0 saturated carbocycles. The van der Waals surface area contributed by atoms with Gasteiger partial charge in [0.15, 0.2) is 6.29 Å². The van der Waals surface area contributed by atoms with E-state index in [2.05, 4.69) is 6.58 Å². The highest BCUT2D eigenvalue weighted by atomic mass is 32.2. The largest absolute Gasteiger partial charge is 0.347 e. The van der Waals surface area contributed by atoms with Gasteiger partial charge in [0.25, 0.3) is 10.1 Å². The van der Waals surface area contributed by atoms with Gasteiger partial charge in [-0.1, -0.05) is 19.1 Å². The van der Waals surface area contributed by atoms with Gasteiger partial charge in [0.05, 0.1) is 12.4 Å². The summed E-state index contributed by atoms with van der Waals surface area (Å²) >= 11 is 0. The van der Waals surface area contributed by atoms with Crippen LogP contribution in [0.2, 0.25) is 0 Å². The Kier molecular flexibility index (Phi) is 5.99. The van der Waals surface area contributed by atoms with E-state index in [0.29, 0.717) is 13.0 Å². The predicted octanol–water partition coefficient (Wildman–Crippen LogP) is 1.68. The second kappa shape index (κ2) is 6.16. The molecule has 0 rings (SSSR count). The average Bonchev–Trinajstić information content (AvgIpc) is 1.99. The first-order valence-corrected chi connectivity index (χ1v) is 6.12. The molecule has 0 spiro atoms. The molecule has 0 aliphatic rings. The van der Waals surface area contributed by atoms with E-state index in [0.717, 1.165) is 5.57 Å². The number of rotatable bonds is 7. The molecule has 0 heterocycles. The molecule has 1 atom stereocenters. The van der Waals surface area contributed by atoms with E-state index >= 15 is 0 Å². The molecule has 0 aliphatic heterocycles. The summed E-state index contributed by atoms with van der Waals surface area (Å²) in [5, 5.41) is 0. The summed E-state index contributed by atoms with van der Waals surface area (Å²) in [5.41, 5.74) is 0.827. The van der Waals surface area contributed by atoms with Crippen LogP contribution in [0.15, 0.2) is 12.2 Å². The third kappa shape index (κ3) is 7.06. The van der Waals surface area contributed by atoms with Gasteiger partial charge < -0.3 is 4.74 Å². The van der Waals surface area contributed by atoms with Crippen LogP contribution < -0.4 is 0 Å². The van der Waals surface area contributed by atoms with Crippen LogP contribution in [0.3, 0.4) is 0 Å². The minimum Gasteiger partial charge on any atom is -0.347 e. The standard InChI is InChI=1S/C9H18O4S/c1-5-6-14(10,11)13-9(4)12-7-8(2)3/h9H,2,5-7H2,1,3-4H3. The number of ether oxygens (including phenoxy) is 1. The molecule has 4 nitrogen and oxygen atoms in total. The second-order valence-electron chi connectivity index (χ2n) is 3.19. The fourth-order valence-corrected chi connectivity index (χ4v) is 1.86. The Bertz CT molecular complexity index is 269. The van der Waals surface area contributed by atoms with Gasteiger partial charge in [0.1, 0.15) is 0 Å². The van der Waals surface area contributed by atoms with Crippen molar-refractivity contribution in [3.63, 3.8) is 0 Å². The highest BCUT2D eigenvalue weighted by Crippen LogP contribution is 2.04. The smallest absolute Gasteiger partial charge is 0.269 e. The Balaban J connectivity index is 3.93. The third-order valence-electron chi connectivity index (χ3n) is 1.30. The van der Waals surface area contributed by atoms with E-state index in [-0.39, 0.29) is 5.75 Å². The molecule has 5 heteroatoms. The summed E-state index contributed by atoms with van der Waals surface area (Å²) in [4.78, 5) is 0. The Morgan fingerprint density at radius 3 is 2.50 bits per heavy atom. The zero-order valence-corrected chi connectivity index (χ0v) is 9.76. The molecular formula is C9H18O4S. The maximum atomic E-state index is 11.2. The molecule has 0 radical (unpaired) electrons. The van der Waals surface area contributed by atoms with Gasteiger partial charge in [-0.05, 0) is 20.3 Å². The summed E-state index contributed by atoms with van der Waals surface area (Å²) in [6.07, 6.45) is -0.210. The minimum atomic E-state index is -3.43. The summed E-state index contributed by atoms with van der Waals surface area (Å²) in [6, 6.07) is 0. The van der Waals surface area contributed by atoms with Gasteiger partial charge in [-0.2, -0.15) is 8.42 Å². The second-order valence-corrected chi connectivity index (χ2v) is 4.91. The molecular weight excluding hydrogens is 204 g/mol. The monoisotopic (exact) mass is 222 g/mol. The quantitative estimate of drug-likeness (QED) is 0.373. The van der Waals surface area contributed by atoms with Gasteiger partial charge >= 0.3 is 0 Å². The average molecular weight is 222 g/mol. The SMILES string of the molecule is C=C(C)COC(C)OS(=O)(=O)CCC. The maximum Gasteiger partial charge on any atom is 0.269 e. The Morgan fingerprint density at radius 1 is 1.50 bits per heavy atom. The van der Waals surface area contributed by atoms with Crippen molar-refractivity contribution in [2.75, 3.05) is 12.4 Å². The van der Waals surface area contributed by atoms with Crippen LogP contribution in [0.25, 0.3) is 0 Å². The van der Waals surface area contributed by atoms with Crippen molar-refractivity contribution in [3.8, 4) is 0 Å². The van der Waals surface area contributed by atoms with Crippen LogP contribution in [-0.2, 0) is 19.0 Å². The molecule has 0 aliphatic carbocycles. The highest BCUT2D eigenvalue weighted by Gasteiger charge is 2.14. The number of hydrogen-bond donors (Lipinski definition) is 0. The minimum absolute atomic E-state index is 0.0216. The van der Waals surface area contributed by atoms with Gasteiger partial charge in [0, 0.05) is 0 Å². The van der Waals surface area contributed by atoms with Crippen LogP contribution >= 0.6 is 0 Å². The normalized spacial score (nSPS) is 13.9. The van der Waals surface area contributed by atoms with E-state index in [1.54, 1.807) is 20.8 Å². The van der Waals surface area contributed by atoms with Crippen LogP contribution in [0.5, 0.6) is 0 Å². The third-order valence-corrected chi connectivity index (χ3v) is 2.77. The fourth-order valence-electron chi connectivity index (χ4n) is 0.792. The van der Waals surface area contributed by atoms with Crippen LogP contribution in [0, 0.1) is 0 Å². The lowest BCUT2D eigenvalue weighted by atomic mass is 10.4. The van der Waals surface area contributed by atoms with Gasteiger partial charge in [-0.3, -0.25) is 0 Å². The molecule has 0 aromatic rings. The van der Waals surface area contributed by atoms with Crippen molar-refractivity contribution in [3.05, 3.63) is 12.2 Å². The molecule has 0 fully saturated rings. The van der Waals surface area contributed by atoms with Gasteiger partial charge in [0.2, 0.25) is 0 Å². The zero-order valence-electron chi connectivity index (χ0n) is 8.95. The lowest BCUT2D eigenvalue weighted by Gasteiger charge is -2.13. The molecule has 0 amide bonds. The van der Waals surface area contributed by atoms with E-state index in [1.165, 1.54) is 0 Å². The summed E-state index contributed by atoms with van der Waals surface area (Å²) in [5.74, 6) is 0.0216.